The molecule has 1 aromatic rings. The van der Waals surface area contributed by atoms with E-state index in [1.54, 1.807) is 0 Å². The molecule has 0 saturated carbocycles. The van der Waals surface area contributed by atoms with E-state index < -0.39 is 17.7 Å². The highest BCUT2D eigenvalue weighted by Gasteiger charge is 2.28. The Morgan fingerprint density at radius 1 is 1.28 bits per heavy atom. The lowest BCUT2D eigenvalue weighted by Crippen LogP contribution is -2.54. The van der Waals surface area contributed by atoms with Gasteiger partial charge >= 0.3 is 0 Å². The molecule has 0 aliphatic carbocycles. The van der Waals surface area contributed by atoms with E-state index in [2.05, 4.69) is 15.5 Å². The average Bonchev–Trinajstić information content (AvgIpc) is 2.58. The van der Waals surface area contributed by atoms with Crippen molar-refractivity contribution in [3.05, 3.63) is 35.4 Å². The number of amides is 2. The molecule has 0 aromatic heterocycles. The van der Waals surface area contributed by atoms with Gasteiger partial charge in [-0.3, -0.25) is 14.5 Å². The minimum Gasteiger partial charge on any atom is -0.350 e. The molecule has 7 heteroatoms. The van der Waals surface area contributed by atoms with Gasteiger partial charge in [0, 0.05) is 37.2 Å². The first-order valence-corrected chi connectivity index (χ1v) is 8.77. The predicted molar refractivity (Wildman–Crippen MR) is 88.6 cm³/mol. The van der Waals surface area contributed by atoms with Gasteiger partial charge in [0.2, 0.25) is 11.8 Å². The van der Waals surface area contributed by atoms with Crippen molar-refractivity contribution in [3.8, 4) is 0 Å². The molecular weight excluding hydrogens is 328 g/mol. The highest BCUT2D eigenvalue weighted by molar-refractivity contribution is 5.88. The number of nitrogens with zero attached hydrogens (tertiary/aromatic N) is 1. The van der Waals surface area contributed by atoms with Gasteiger partial charge in [0.1, 0.15) is 17.7 Å². The number of carbonyl (C=O) groups is 2. The second-order valence-corrected chi connectivity index (χ2v) is 6.83. The molecule has 2 heterocycles. The number of likely N-dealkylation sites (tertiary alicyclic amines) is 1. The van der Waals surface area contributed by atoms with Crippen LogP contribution in [0.25, 0.3) is 0 Å². The predicted octanol–water partition coefficient (Wildman–Crippen LogP) is 1.71. The summed E-state index contributed by atoms with van der Waals surface area (Å²) in [6.45, 7) is 1.81. The van der Waals surface area contributed by atoms with Crippen molar-refractivity contribution < 1.29 is 18.4 Å². The van der Waals surface area contributed by atoms with Gasteiger partial charge in [-0.1, -0.05) is 6.07 Å². The molecule has 136 valence electrons. The summed E-state index contributed by atoms with van der Waals surface area (Å²) in [4.78, 5) is 25.8. The fourth-order valence-electron chi connectivity index (χ4n) is 3.51. The van der Waals surface area contributed by atoms with Crippen LogP contribution in [0, 0.1) is 11.6 Å². The number of nitrogens with one attached hydrogen (secondary N) is 2. The van der Waals surface area contributed by atoms with Gasteiger partial charge in [-0.2, -0.15) is 0 Å². The van der Waals surface area contributed by atoms with Crippen molar-refractivity contribution in [1.29, 1.82) is 0 Å². The molecule has 25 heavy (non-hydrogen) atoms. The van der Waals surface area contributed by atoms with Crippen LogP contribution in [0.15, 0.2) is 18.2 Å². The van der Waals surface area contributed by atoms with Crippen LogP contribution < -0.4 is 10.6 Å². The van der Waals surface area contributed by atoms with E-state index in [-0.39, 0.29) is 17.9 Å². The van der Waals surface area contributed by atoms with Crippen LogP contribution in [-0.4, -0.2) is 41.9 Å². The lowest BCUT2D eigenvalue weighted by atomic mass is 10.0. The Morgan fingerprint density at radius 2 is 2.12 bits per heavy atom. The monoisotopic (exact) mass is 351 g/mol. The quantitative estimate of drug-likeness (QED) is 0.868. The molecule has 2 aliphatic heterocycles. The van der Waals surface area contributed by atoms with Crippen LogP contribution in [-0.2, 0) is 16.1 Å². The summed E-state index contributed by atoms with van der Waals surface area (Å²) in [5.74, 6) is -1.35. The highest BCUT2D eigenvalue weighted by atomic mass is 19.1. The van der Waals surface area contributed by atoms with Crippen molar-refractivity contribution >= 4 is 11.8 Å². The third-order valence-corrected chi connectivity index (χ3v) is 4.81. The molecule has 0 spiro atoms. The van der Waals surface area contributed by atoms with Crippen molar-refractivity contribution in [2.24, 2.45) is 0 Å². The summed E-state index contributed by atoms with van der Waals surface area (Å²) in [5, 5.41) is 5.72. The molecule has 2 saturated heterocycles. The topological polar surface area (TPSA) is 61.4 Å². The maximum Gasteiger partial charge on any atom is 0.242 e. The normalized spacial score (nSPS) is 24.6. The fourth-order valence-corrected chi connectivity index (χ4v) is 3.51. The van der Waals surface area contributed by atoms with Crippen LogP contribution in [0.2, 0.25) is 0 Å². The van der Waals surface area contributed by atoms with E-state index in [1.807, 2.05) is 0 Å². The molecule has 2 atom stereocenters. The second kappa shape index (κ2) is 7.91. The van der Waals surface area contributed by atoms with Crippen molar-refractivity contribution in [3.63, 3.8) is 0 Å². The largest absolute Gasteiger partial charge is 0.350 e. The summed E-state index contributed by atoms with van der Waals surface area (Å²) in [7, 11) is 0. The van der Waals surface area contributed by atoms with Gasteiger partial charge in [-0.05, 0) is 38.3 Å². The lowest BCUT2D eigenvalue weighted by Gasteiger charge is -2.34. The summed E-state index contributed by atoms with van der Waals surface area (Å²) < 4.78 is 26.8. The number of hydrogen-bond acceptors (Lipinski definition) is 3. The summed E-state index contributed by atoms with van der Waals surface area (Å²) >= 11 is 0. The van der Waals surface area contributed by atoms with Crippen LogP contribution in [0.1, 0.15) is 37.7 Å². The second-order valence-electron chi connectivity index (χ2n) is 6.83. The zero-order chi connectivity index (χ0) is 17.8. The van der Waals surface area contributed by atoms with Crippen LogP contribution in [0.4, 0.5) is 8.78 Å². The lowest BCUT2D eigenvalue weighted by molar-refractivity contribution is -0.131. The van der Waals surface area contributed by atoms with Gasteiger partial charge in [0.05, 0.1) is 0 Å². The first kappa shape index (κ1) is 17.8. The minimum atomic E-state index is -0.584. The van der Waals surface area contributed by atoms with Gasteiger partial charge in [-0.25, -0.2) is 8.78 Å². The Hall–Kier alpha value is -2.02. The summed E-state index contributed by atoms with van der Waals surface area (Å²) in [6, 6.07) is 3.14. The third-order valence-electron chi connectivity index (χ3n) is 4.81. The van der Waals surface area contributed by atoms with E-state index in [0.717, 1.165) is 31.9 Å². The molecule has 2 fully saturated rings. The van der Waals surface area contributed by atoms with Crippen molar-refractivity contribution in [2.45, 2.75) is 50.7 Å². The fraction of sp³-hybridized carbons (Fsp3) is 0.556. The van der Waals surface area contributed by atoms with E-state index >= 15 is 0 Å². The standard InChI is InChI=1S/C18H23F2N3O2/c19-13-7-6-12(15(20)9-13)10-23-8-2-3-14(11-23)21-18(25)16-4-1-5-17(24)22-16/h6-7,9,14,16H,1-5,8,10-11H2,(H,21,25)(H,22,24)/t14-,16-/m1/s1. The molecule has 2 aliphatic rings. The third kappa shape index (κ3) is 4.75. The molecule has 2 N–H and O–H groups in total. The zero-order valence-electron chi connectivity index (χ0n) is 14.1. The Bertz CT molecular complexity index is 653. The first-order valence-electron chi connectivity index (χ1n) is 8.77. The van der Waals surface area contributed by atoms with E-state index in [0.29, 0.717) is 31.5 Å². The summed E-state index contributed by atoms with van der Waals surface area (Å²) in [5.41, 5.74) is 0.452. The average molecular weight is 351 g/mol. The molecular formula is C18H23F2N3O2. The number of benzene rings is 1. The SMILES string of the molecule is O=C1CCC[C@H](C(=O)N[C@@H]2CCCN(Cc3ccc(F)cc3F)C2)N1. The van der Waals surface area contributed by atoms with Gasteiger partial charge in [-0.15, -0.1) is 0 Å². The molecule has 5 nitrogen and oxygen atoms in total. The van der Waals surface area contributed by atoms with Crippen LogP contribution >= 0.6 is 0 Å². The number of hydrogen-bond donors (Lipinski definition) is 2. The van der Waals surface area contributed by atoms with E-state index in [4.69, 9.17) is 0 Å². The van der Waals surface area contributed by atoms with E-state index in [9.17, 15) is 18.4 Å². The number of piperidine rings is 2. The van der Waals surface area contributed by atoms with Gasteiger partial charge < -0.3 is 10.6 Å². The summed E-state index contributed by atoms with van der Waals surface area (Å²) in [6.07, 6.45) is 3.61. The smallest absolute Gasteiger partial charge is 0.242 e. The van der Waals surface area contributed by atoms with Crippen molar-refractivity contribution in [2.75, 3.05) is 13.1 Å². The first-order chi connectivity index (χ1) is 12.0. The Kier molecular flexibility index (Phi) is 5.63. The number of rotatable bonds is 4. The maximum absolute atomic E-state index is 13.8. The molecule has 0 bridgehead atoms. The Morgan fingerprint density at radius 3 is 2.88 bits per heavy atom. The molecule has 2 amide bonds. The molecule has 0 radical (unpaired) electrons. The van der Waals surface area contributed by atoms with Gasteiger partial charge in [0.25, 0.3) is 0 Å². The van der Waals surface area contributed by atoms with Crippen LogP contribution in [0.5, 0.6) is 0 Å². The van der Waals surface area contributed by atoms with E-state index in [1.165, 1.54) is 12.1 Å². The molecule has 1 aromatic carbocycles. The Labute approximate surface area is 145 Å². The van der Waals surface area contributed by atoms with Gasteiger partial charge in [0.15, 0.2) is 0 Å². The molecule has 0 unspecified atom stereocenters. The number of halogens is 2. The Balaban J connectivity index is 1.54. The highest BCUT2D eigenvalue weighted by Crippen LogP contribution is 2.17. The zero-order valence-corrected chi connectivity index (χ0v) is 14.1. The van der Waals surface area contributed by atoms with Crippen LogP contribution in [0.3, 0.4) is 0 Å². The minimum absolute atomic E-state index is 0.0245. The molecule has 3 rings (SSSR count). The van der Waals surface area contributed by atoms with Crippen molar-refractivity contribution in [1.82, 2.24) is 15.5 Å². The number of carbonyl (C=O) groups excluding carboxylic acids is 2. The maximum atomic E-state index is 13.8.